The standard InChI is InChI=1S/C9H9N3O2/c13-8-6-12(9(14)11-10-8)7-4-2-1-3-5-7/h1-5H,6H2,(H,10,13)(H,11,14). The molecule has 1 aromatic rings. The van der Waals surface area contributed by atoms with Crippen LogP contribution in [0.5, 0.6) is 0 Å². The smallest absolute Gasteiger partial charge is 0.284 e. The topological polar surface area (TPSA) is 61.4 Å². The number of urea groups is 1. The van der Waals surface area contributed by atoms with Gasteiger partial charge in [-0.1, -0.05) is 18.2 Å². The third kappa shape index (κ3) is 1.52. The van der Waals surface area contributed by atoms with Crippen LogP contribution in [0, 0.1) is 0 Å². The molecule has 0 atom stereocenters. The van der Waals surface area contributed by atoms with Crippen molar-refractivity contribution < 1.29 is 9.59 Å². The highest BCUT2D eigenvalue weighted by Gasteiger charge is 2.23. The van der Waals surface area contributed by atoms with Crippen LogP contribution in [0.15, 0.2) is 30.3 Å². The van der Waals surface area contributed by atoms with Gasteiger partial charge < -0.3 is 0 Å². The van der Waals surface area contributed by atoms with E-state index in [4.69, 9.17) is 0 Å². The van der Waals surface area contributed by atoms with Gasteiger partial charge in [0.05, 0.1) is 0 Å². The van der Waals surface area contributed by atoms with Gasteiger partial charge in [-0.2, -0.15) is 0 Å². The second-order valence-corrected chi connectivity index (χ2v) is 2.90. The molecular weight excluding hydrogens is 182 g/mol. The minimum absolute atomic E-state index is 0.0514. The van der Waals surface area contributed by atoms with Gasteiger partial charge in [0, 0.05) is 5.69 Å². The van der Waals surface area contributed by atoms with E-state index < -0.39 is 0 Å². The van der Waals surface area contributed by atoms with Gasteiger partial charge >= 0.3 is 6.03 Å². The summed E-state index contributed by atoms with van der Waals surface area (Å²) in [4.78, 5) is 23.7. The molecule has 1 aliphatic heterocycles. The molecule has 1 saturated heterocycles. The minimum atomic E-state index is -0.323. The summed E-state index contributed by atoms with van der Waals surface area (Å²) in [6.07, 6.45) is 0. The number of hydrogen-bond donors (Lipinski definition) is 2. The van der Waals surface area contributed by atoms with Crippen molar-refractivity contribution in [1.29, 1.82) is 0 Å². The van der Waals surface area contributed by atoms with Crippen LogP contribution in [0.4, 0.5) is 10.5 Å². The van der Waals surface area contributed by atoms with Crippen LogP contribution in [0.25, 0.3) is 0 Å². The number of carbonyl (C=O) groups is 2. The summed E-state index contributed by atoms with van der Waals surface area (Å²) in [6, 6.07) is 8.71. The van der Waals surface area contributed by atoms with Crippen LogP contribution < -0.4 is 15.8 Å². The molecule has 3 amide bonds. The second kappa shape index (κ2) is 3.37. The Morgan fingerprint density at radius 1 is 1.07 bits per heavy atom. The zero-order valence-electron chi connectivity index (χ0n) is 7.36. The fourth-order valence-corrected chi connectivity index (χ4v) is 1.26. The van der Waals surface area contributed by atoms with Crippen molar-refractivity contribution in [2.45, 2.75) is 0 Å². The summed E-state index contributed by atoms with van der Waals surface area (Å²) in [5.41, 5.74) is 5.23. The van der Waals surface area contributed by atoms with Gasteiger partial charge in [-0.25, -0.2) is 10.2 Å². The summed E-state index contributed by atoms with van der Waals surface area (Å²) in [6.45, 7) is 0.0514. The van der Waals surface area contributed by atoms with Crippen molar-refractivity contribution in [3.8, 4) is 0 Å². The molecule has 0 aromatic heterocycles. The lowest BCUT2D eigenvalue weighted by atomic mass is 10.3. The van der Waals surface area contributed by atoms with Gasteiger partial charge in [-0.3, -0.25) is 15.1 Å². The van der Waals surface area contributed by atoms with Gasteiger partial charge in [0.2, 0.25) is 0 Å². The zero-order chi connectivity index (χ0) is 9.97. The molecule has 5 nitrogen and oxygen atoms in total. The number of rotatable bonds is 1. The molecule has 0 spiro atoms. The molecule has 14 heavy (non-hydrogen) atoms. The Kier molecular flexibility index (Phi) is 2.06. The van der Waals surface area contributed by atoms with Crippen LogP contribution in [-0.4, -0.2) is 18.5 Å². The zero-order valence-corrected chi connectivity index (χ0v) is 7.36. The number of para-hydroxylation sites is 1. The Balaban J connectivity index is 2.24. The highest BCUT2D eigenvalue weighted by Crippen LogP contribution is 2.13. The lowest BCUT2D eigenvalue weighted by molar-refractivity contribution is -0.121. The SMILES string of the molecule is O=C1CN(c2ccccc2)C(=O)NN1. The van der Waals surface area contributed by atoms with Crippen molar-refractivity contribution in [2.24, 2.45) is 0 Å². The Hall–Kier alpha value is -2.04. The molecule has 1 aliphatic rings. The average molecular weight is 191 g/mol. The fourth-order valence-electron chi connectivity index (χ4n) is 1.26. The number of benzene rings is 1. The van der Waals surface area contributed by atoms with E-state index in [9.17, 15) is 9.59 Å². The monoisotopic (exact) mass is 191 g/mol. The maximum Gasteiger partial charge on any atom is 0.341 e. The minimum Gasteiger partial charge on any atom is -0.284 e. The summed E-state index contributed by atoms with van der Waals surface area (Å²) >= 11 is 0. The summed E-state index contributed by atoms with van der Waals surface area (Å²) in [5, 5.41) is 0. The van der Waals surface area contributed by atoms with Crippen molar-refractivity contribution in [2.75, 3.05) is 11.4 Å². The van der Waals surface area contributed by atoms with Crippen molar-refractivity contribution in [3.63, 3.8) is 0 Å². The summed E-state index contributed by atoms with van der Waals surface area (Å²) in [5.74, 6) is -0.228. The van der Waals surface area contributed by atoms with E-state index in [0.29, 0.717) is 5.69 Å². The first kappa shape index (κ1) is 8.55. The Morgan fingerprint density at radius 2 is 1.79 bits per heavy atom. The third-order valence-electron chi connectivity index (χ3n) is 1.92. The molecule has 2 rings (SSSR count). The fraction of sp³-hybridized carbons (Fsp3) is 0.111. The van der Waals surface area contributed by atoms with E-state index in [2.05, 4.69) is 10.9 Å². The van der Waals surface area contributed by atoms with Gasteiger partial charge in [0.15, 0.2) is 0 Å². The van der Waals surface area contributed by atoms with E-state index in [0.717, 1.165) is 0 Å². The van der Waals surface area contributed by atoms with Crippen LogP contribution in [0.1, 0.15) is 0 Å². The maximum absolute atomic E-state index is 11.3. The molecular formula is C9H9N3O2. The predicted molar refractivity (Wildman–Crippen MR) is 50.5 cm³/mol. The summed E-state index contributed by atoms with van der Waals surface area (Å²) in [7, 11) is 0. The van der Waals surface area contributed by atoms with Crippen molar-refractivity contribution in [1.82, 2.24) is 10.9 Å². The van der Waals surface area contributed by atoms with Crippen molar-refractivity contribution >= 4 is 17.6 Å². The number of nitrogens with zero attached hydrogens (tertiary/aromatic N) is 1. The number of hydrogen-bond acceptors (Lipinski definition) is 2. The van der Waals surface area contributed by atoms with Gasteiger partial charge in [0.1, 0.15) is 6.54 Å². The average Bonchev–Trinajstić information content (AvgIpc) is 2.23. The van der Waals surface area contributed by atoms with Crippen LogP contribution >= 0.6 is 0 Å². The first-order valence-corrected chi connectivity index (χ1v) is 4.19. The molecule has 1 aromatic carbocycles. The normalized spacial score (nSPS) is 16.1. The molecule has 5 heteroatoms. The van der Waals surface area contributed by atoms with Crippen molar-refractivity contribution in [3.05, 3.63) is 30.3 Å². The number of carbonyl (C=O) groups excluding carboxylic acids is 2. The third-order valence-corrected chi connectivity index (χ3v) is 1.92. The quantitative estimate of drug-likeness (QED) is 0.668. The highest BCUT2D eigenvalue weighted by atomic mass is 16.2. The molecule has 72 valence electrons. The molecule has 1 fully saturated rings. The number of hydrazine groups is 1. The van der Waals surface area contributed by atoms with Crippen LogP contribution in [-0.2, 0) is 4.79 Å². The second-order valence-electron chi connectivity index (χ2n) is 2.90. The number of amides is 3. The lowest BCUT2D eigenvalue weighted by Gasteiger charge is -2.26. The highest BCUT2D eigenvalue weighted by molar-refractivity contribution is 6.01. The van der Waals surface area contributed by atoms with Gasteiger partial charge in [-0.05, 0) is 12.1 Å². The summed E-state index contributed by atoms with van der Waals surface area (Å²) < 4.78 is 0. The van der Waals surface area contributed by atoms with E-state index in [-0.39, 0.29) is 18.5 Å². The van der Waals surface area contributed by atoms with E-state index >= 15 is 0 Å². The first-order chi connectivity index (χ1) is 6.77. The predicted octanol–water partition coefficient (Wildman–Crippen LogP) is 0.247. The van der Waals surface area contributed by atoms with Gasteiger partial charge in [-0.15, -0.1) is 0 Å². The van der Waals surface area contributed by atoms with Gasteiger partial charge in [0.25, 0.3) is 5.91 Å². The van der Waals surface area contributed by atoms with E-state index in [1.165, 1.54) is 4.90 Å². The van der Waals surface area contributed by atoms with Crippen LogP contribution in [0.3, 0.4) is 0 Å². The maximum atomic E-state index is 11.3. The van der Waals surface area contributed by atoms with Crippen LogP contribution in [0.2, 0.25) is 0 Å². The Morgan fingerprint density at radius 3 is 2.50 bits per heavy atom. The van der Waals surface area contributed by atoms with E-state index in [1.807, 2.05) is 18.2 Å². The number of nitrogens with one attached hydrogen (secondary N) is 2. The molecule has 0 bridgehead atoms. The first-order valence-electron chi connectivity index (χ1n) is 4.19. The number of anilines is 1. The molecule has 0 radical (unpaired) electrons. The lowest BCUT2D eigenvalue weighted by Crippen LogP contribution is -2.58. The molecule has 0 unspecified atom stereocenters. The Bertz CT molecular complexity index is 364. The molecule has 1 heterocycles. The van der Waals surface area contributed by atoms with E-state index in [1.54, 1.807) is 12.1 Å². The molecule has 0 aliphatic carbocycles. The largest absolute Gasteiger partial charge is 0.341 e. The molecule has 0 saturated carbocycles. The molecule has 2 N–H and O–H groups in total. The Labute approximate surface area is 80.7 Å².